The average molecular weight is 663 g/mol. The van der Waals surface area contributed by atoms with Crippen molar-refractivity contribution in [3.63, 3.8) is 0 Å². The van der Waals surface area contributed by atoms with Crippen LogP contribution in [0.4, 0.5) is 5.82 Å². The molecule has 0 aromatic carbocycles. The summed E-state index contributed by atoms with van der Waals surface area (Å²) in [6, 6.07) is 2.57. The van der Waals surface area contributed by atoms with Crippen molar-refractivity contribution in [1.29, 1.82) is 0 Å². The number of hydrogen-bond acceptors (Lipinski definition) is 16. The minimum atomic E-state index is -5.40. The lowest BCUT2D eigenvalue weighted by Gasteiger charge is -2.20. The van der Waals surface area contributed by atoms with Gasteiger partial charge in [-0.1, -0.05) is 0 Å². The smallest absolute Gasteiger partial charge is 0.481 e. The average Bonchev–Trinajstić information content (AvgIpc) is 3.61. The first-order valence-corrected chi connectivity index (χ1v) is 15.3. The molecular formula is C21H25N6O15P2+. The first-order valence-electron chi connectivity index (χ1n) is 12.3. The molecule has 5 heterocycles. The monoisotopic (exact) mass is 663 g/mol. The Balaban J connectivity index is 1.16. The van der Waals surface area contributed by atoms with Crippen molar-refractivity contribution in [2.75, 3.05) is 18.9 Å². The van der Waals surface area contributed by atoms with Gasteiger partial charge in [-0.25, -0.2) is 28.9 Å². The van der Waals surface area contributed by atoms with Crippen LogP contribution in [0.15, 0.2) is 42.9 Å². The molecule has 0 aliphatic carbocycles. The number of carboxylic acids is 1. The topological polar surface area (TPSA) is 312 Å². The Morgan fingerprint density at radius 2 is 1.75 bits per heavy atom. The van der Waals surface area contributed by atoms with Gasteiger partial charge in [0.25, 0.3) is 0 Å². The number of nitrogens with two attached hydrogens (primary N) is 1. The highest BCUT2D eigenvalue weighted by atomic mass is 31.3. The third-order valence-corrected chi connectivity index (χ3v) is 9.01. The van der Waals surface area contributed by atoms with Gasteiger partial charge < -0.3 is 50.5 Å². The molecule has 5 rings (SSSR count). The van der Waals surface area contributed by atoms with E-state index < -0.39 is 83.2 Å². The molecular weight excluding hydrogens is 638 g/mol. The lowest BCUT2D eigenvalue weighted by atomic mass is 10.1. The summed E-state index contributed by atoms with van der Waals surface area (Å²) in [5.74, 6) is -2.41. The van der Waals surface area contributed by atoms with Crippen LogP contribution in [0.2, 0.25) is 0 Å². The second-order valence-electron chi connectivity index (χ2n) is 9.34. The van der Waals surface area contributed by atoms with Gasteiger partial charge in [0, 0.05) is 6.07 Å². The second kappa shape index (κ2) is 12.1. The molecule has 23 heteroatoms. The molecule has 0 bridgehead atoms. The van der Waals surface area contributed by atoms with Gasteiger partial charge in [-0.05, 0) is 6.07 Å². The number of pyridine rings is 1. The molecule has 44 heavy (non-hydrogen) atoms. The van der Waals surface area contributed by atoms with Crippen LogP contribution in [0.3, 0.4) is 0 Å². The van der Waals surface area contributed by atoms with E-state index in [1.54, 1.807) is 0 Å². The van der Waals surface area contributed by atoms with E-state index in [0.29, 0.717) is 0 Å². The summed E-state index contributed by atoms with van der Waals surface area (Å²) in [5, 5.41) is 50.5. The normalized spacial score (nSPS) is 28.1. The van der Waals surface area contributed by atoms with Gasteiger partial charge in [-0.2, -0.15) is 4.31 Å². The van der Waals surface area contributed by atoms with Gasteiger partial charge >= 0.3 is 27.5 Å². The number of rotatable bonds is 11. The lowest BCUT2D eigenvalue weighted by molar-refractivity contribution is -0.602. The maximum absolute atomic E-state index is 12.4. The van der Waals surface area contributed by atoms with Crippen LogP contribution in [0.25, 0.3) is 17.0 Å². The fraction of sp³-hybridized carbons (Fsp3) is 0.381. The molecule has 0 radical (unpaired) electrons. The SMILES string of the molecule is Nc1ncnc2c1ncn2[C@@H]1O[C@H](COP(=O)(O)OP(=O)(O)OC[C@H]2OC([n+]3cccc(C(=O)O)c3)=C(O)[C@@H]2O)[C@@H](O)[C@H]1O. The number of anilines is 1. The van der Waals surface area contributed by atoms with Crippen molar-refractivity contribution in [2.45, 2.75) is 36.7 Å². The molecule has 9 N–H and O–H groups in total. The van der Waals surface area contributed by atoms with Crippen molar-refractivity contribution < 1.29 is 76.6 Å². The molecule has 2 aliphatic heterocycles. The van der Waals surface area contributed by atoms with Crippen LogP contribution in [0, 0.1) is 0 Å². The number of hydrogen-bond donors (Lipinski definition) is 8. The number of ether oxygens (including phenoxy) is 2. The number of aliphatic hydroxyl groups is 4. The molecule has 8 atom stereocenters. The second-order valence-corrected chi connectivity index (χ2v) is 12.4. The molecule has 21 nitrogen and oxygen atoms in total. The van der Waals surface area contributed by atoms with E-state index in [-0.39, 0.29) is 22.5 Å². The summed E-state index contributed by atoms with van der Waals surface area (Å²) in [6.07, 6.45) is -4.62. The fourth-order valence-electron chi connectivity index (χ4n) is 4.28. The highest BCUT2D eigenvalue weighted by Crippen LogP contribution is 2.60. The van der Waals surface area contributed by atoms with Crippen molar-refractivity contribution in [2.24, 2.45) is 0 Å². The van der Waals surface area contributed by atoms with Gasteiger partial charge in [0.1, 0.15) is 35.7 Å². The molecule has 1 fully saturated rings. The lowest BCUT2D eigenvalue weighted by Crippen LogP contribution is -2.34. The number of carbonyl (C=O) groups is 1. The summed E-state index contributed by atoms with van der Waals surface area (Å²) >= 11 is 0. The van der Waals surface area contributed by atoms with Crippen LogP contribution in [-0.4, -0.2) is 105 Å². The summed E-state index contributed by atoms with van der Waals surface area (Å²) in [7, 11) is -10.8. The minimum Gasteiger partial charge on any atom is -0.502 e. The first kappa shape index (κ1) is 31.8. The van der Waals surface area contributed by atoms with E-state index in [4.69, 9.17) is 20.3 Å². The zero-order valence-corrected chi connectivity index (χ0v) is 23.7. The molecule has 0 spiro atoms. The molecule has 0 amide bonds. The van der Waals surface area contributed by atoms with Crippen molar-refractivity contribution in [3.05, 3.63) is 48.5 Å². The van der Waals surface area contributed by atoms with E-state index in [1.807, 2.05) is 0 Å². The predicted molar refractivity (Wildman–Crippen MR) is 139 cm³/mol. The highest BCUT2D eigenvalue weighted by molar-refractivity contribution is 7.61. The number of aromatic nitrogens is 5. The quantitative estimate of drug-likeness (QED) is 0.0846. The number of aromatic carboxylic acids is 1. The Labute approximate surface area is 245 Å². The van der Waals surface area contributed by atoms with E-state index in [1.165, 1.54) is 29.2 Å². The number of carboxylic acid groups (broad SMARTS) is 1. The molecule has 0 saturated carbocycles. The Morgan fingerprint density at radius 1 is 1.07 bits per heavy atom. The van der Waals surface area contributed by atoms with Crippen LogP contribution in [-0.2, 0) is 32.0 Å². The summed E-state index contributed by atoms with van der Waals surface area (Å²) in [4.78, 5) is 43.0. The van der Waals surface area contributed by atoms with Gasteiger partial charge in [0.15, 0.2) is 42.3 Å². The zero-order chi connectivity index (χ0) is 32.0. The largest absolute Gasteiger partial charge is 0.502 e. The Bertz CT molecular complexity index is 1700. The molecule has 2 aliphatic rings. The third kappa shape index (κ3) is 6.43. The van der Waals surface area contributed by atoms with E-state index in [9.17, 15) is 44.1 Å². The first-order chi connectivity index (χ1) is 20.7. The van der Waals surface area contributed by atoms with E-state index in [2.05, 4.69) is 28.3 Å². The number of nitrogens with zero attached hydrogens (tertiary/aromatic N) is 5. The van der Waals surface area contributed by atoms with Crippen molar-refractivity contribution >= 4 is 44.5 Å². The van der Waals surface area contributed by atoms with E-state index in [0.717, 1.165) is 17.1 Å². The molecule has 238 valence electrons. The number of imidazole rings is 1. The maximum Gasteiger partial charge on any atom is 0.481 e. The predicted octanol–water partition coefficient (Wildman–Crippen LogP) is -1.59. The van der Waals surface area contributed by atoms with Gasteiger partial charge in [0.2, 0.25) is 5.76 Å². The Hall–Kier alpha value is -3.59. The standard InChI is InChI=1S/C21H24N6O15P2/c22-17-12-18(24-7-23-17)27(8-25-12)20-16(31)14(29)11(41-20)6-39-44(36,37)42-43(34,35)38-5-10-13(28)15(30)19(40-10)26-3-1-2-9(4-26)21(32)33/h1-4,7-8,10-11,13-14,16,20,28-29,31H,5-6H2,(H5-,22,23,24,30,32,33,34,35,36,37)/p+1/t10-,11-,13-,14-,16-,20-/m1/s1. The Kier molecular flexibility index (Phi) is 8.73. The molecule has 2 unspecified atom stereocenters. The van der Waals surface area contributed by atoms with Gasteiger partial charge in [0.05, 0.1) is 19.5 Å². The summed E-state index contributed by atoms with van der Waals surface area (Å²) in [6.45, 7) is -1.88. The van der Waals surface area contributed by atoms with Gasteiger partial charge in [-0.15, -0.1) is 4.57 Å². The maximum atomic E-state index is 12.4. The van der Waals surface area contributed by atoms with Crippen LogP contribution in [0.5, 0.6) is 0 Å². The van der Waals surface area contributed by atoms with Crippen LogP contribution in [0.1, 0.15) is 16.6 Å². The zero-order valence-electron chi connectivity index (χ0n) is 21.9. The minimum absolute atomic E-state index is 0.0441. The van der Waals surface area contributed by atoms with Crippen LogP contribution < -0.4 is 10.3 Å². The number of phosphoric acid groups is 2. The number of phosphoric ester groups is 2. The molecule has 3 aromatic heterocycles. The van der Waals surface area contributed by atoms with Crippen molar-refractivity contribution in [3.8, 4) is 0 Å². The molecule has 1 saturated heterocycles. The van der Waals surface area contributed by atoms with Gasteiger partial charge in [-0.3, -0.25) is 13.6 Å². The summed E-state index contributed by atoms with van der Waals surface area (Å²) in [5.41, 5.74) is 5.90. The highest BCUT2D eigenvalue weighted by Gasteiger charge is 2.47. The summed E-state index contributed by atoms with van der Waals surface area (Å²) < 4.78 is 51.5. The fourth-order valence-corrected chi connectivity index (χ4v) is 6.37. The number of aliphatic hydroxyl groups excluding tert-OH is 4. The van der Waals surface area contributed by atoms with E-state index >= 15 is 0 Å². The number of nitrogen functional groups attached to an aromatic ring is 1. The Morgan fingerprint density at radius 3 is 2.43 bits per heavy atom. The van der Waals surface area contributed by atoms with Crippen molar-refractivity contribution in [1.82, 2.24) is 19.5 Å². The molecule has 3 aromatic rings. The number of fused-ring (bicyclic) bond motifs is 1. The van der Waals surface area contributed by atoms with Crippen LogP contribution >= 0.6 is 15.6 Å². The third-order valence-electron chi connectivity index (χ3n) is 6.41.